The number of hydrogen-bond acceptors (Lipinski definition) is 6. The maximum Gasteiger partial charge on any atom is 0.276 e. The van der Waals surface area contributed by atoms with Crippen LogP contribution in [-0.2, 0) is 11.2 Å². The third kappa shape index (κ3) is 2.90. The molecule has 0 aliphatic carbocycles. The smallest absolute Gasteiger partial charge is 0.276 e. The molecule has 1 aliphatic rings. The second-order valence-electron chi connectivity index (χ2n) is 4.66. The van der Waals surface area contributed by atoms with E-state index in [2.05, 4.69) is 15.1 Å². The Morgan fingerprint density at radius 1 is 1.26 bits per heavy atom. The van der Waals surface area contributed by atoms with E-state index in [0.717, 1.165) is 19.4 Å². The second kappa shape index (κ2) is 5.36. The van der Waals surface area contributed by atoms with E-state index < -0.39 is 0 Å². The van der Waals surface area contributed by atoms with Gasteiger partial charge in [-0.1, -0.05) is 11.2 Å². The summed E-state index contributed by atoms with van der Waals surface area (Å²) in [5.74, 6) is 1.50. The van der Waals surface area contributed by atoms with Crippen molar-refractivity contribution in [2.45, 2.75) is 31.8 Å². The van der Waals surface area contributed by atoms with Gasteiger partial charge in [-0.15, -0.1) is 0 Å². The molecule has 1 saturated heterocycles. The number of nitrogens with zero attached hydrogens (tertiary/aromatic N) is 3. The van der Waals surface area contributed by atoms with Crippen molar-refractivity contribution in [2.24, 2.45) is 0 Å². The third-order valence-electron chi connectivity index (χ3n) is 3.14. The zero-order chi connectivity index (χ0) is 13.1. The summed E-state index contributed by atoms with van der Waals surface area (Å²) in [5, 5.41) is 3.97. The van der Waals surface area contributed by atoms with Crippen molar-refractivity contribution in [3.05, 3.63) is 24.0 Å². The fourth-order valence-corrected chi connectivity index (χ4v) is 2.18. The van der Waals surface area contributed by atoms with Crippen molar-refractivity contribution in [3.8, 4) is 11.6 Å². The summed E-state index contributed by atoms with van der Waals surface area (Å²) in [6.07, 6.45) is 4.28. The van der Waals surface area contributed by atoms with Crippen LogP contribution in [0.3, 0.4) is 0 Å². The van der Waals surface area contributed by atoms with Gasteiger partial charge >= 0.3 is 0 Å². The molecule has 0 aromatic carbocycles. The van der Waals surface area contributed by atoms with E-state index in [1.54, 1.807) is 12.1 Å². The third-order valence-corrected chi connectivity index (χ3v) is 3.14. The number of nitrogens with two attached hydrogens (primary N) is 1. The van der Waals surface area contributed by atoms with Gasteiger partial charge < -0.3 is 15.0 Å². The fourth-order valence-electron chi connectivity index (χ4n) is 2.18. The lowest BCUT2D eigenvalue weighted by Gasteiger charge is -2.20. The molecule has 3 rings (SSSR count). The Kier molecular flexibility index (Phi) is 3.41. The zero-order valence-corrected chi connectivity index (χ0v) is 10.6. The summed E-state index contributed by atoms with van der Waals surface area (Å²) in [5.41, 5.74) is 6.23. The monoisotopic (exact) mass is 260 g/mol. The lowest BCUT2D eigenvalue weighted by Crippen LogP contribution is -2.21. The number of aromatic nitrogens is 3. The van der Waals surface area contributed by atoms with Gasteiger partial charge in [-0.25, -0.2) is 4.98 Å². The van der Waals surface area contributed by atoms with E-state index in [1.807, 2.05) is 6.07 Å². The molecule has 2 N–H and O–H groups in total. The molecule has 0 amide bonds. The highest BCUT2D eigenvalue weighted by molar-refractivity contribution is 5.49. The Morgan fingerprint density at radius 3 is 3.00 bits per heavy atom. The fraction of sp³-hybridized carbons (Fsp3) is 0.462. The molecule has 6 heteroatoms. The highest BCUT2D eigenvalue weighted by Gasteiger charge is 2.18. The maximum atomic E-state index is 5.66. The van der Waals surface area contributed by atoms with Crippen LogP contribution in [0.4, 0.5) is 5.82 Å². The minimum Gasteiger partial charge on any atom is -0.384 e. The number of hydrogen-bond donors (Lipinski definition) is 1. The van der Waals surface area contributed by atoms with E-state index in [9.17, 15) is 0 Å². The molecule has 1 aliphatic heterocycles. The minimum absolute atomic E-state index is 0.202. The normalized spacial score (nSPS) is 19.5. The van der Waals surface area contributed by atoms with Crippen molar-refractivity contribution >= 4 is 5.82 Å². The molecule has 0 bridgehead atoms. The Hall–Kier alpha value is -1.95. The molecule has 0 saturated carbocycles. The van der Waals surface area contributed by atoms with Crippen molar-refractivity contribution in [1.29, 1.82) is 0 Å². The molecule has 2 aromatic rings. The van der Waals surface area contributed by atoms with Gasteiger partial charge in [0.2, 0.25) is 0 Å². The lowest BCUT2D eigenvalue weighted by atomic mass is 10.1. The van der Waals surface area contributed by atoms with Crippen LogP contribution in [0, 0.1) is 0 Å². The first kappa shape index (κ1) is 12.1. The number of nitrogen functional groups attached to an aromatic ring is 1. The predicted molar refractivity (Wildman–Crippen MR) is 69.2 cm³/mol. The van der Waals surface area contributed by atoms with Gasteiger partial charge in [-0.05, 0) is 31.4 Å². The second-order valence-corrected chi connectivity index (χ2v) is 4.66. The standard InChI is InChI=1S/C13H16N4O2/c14-11-6-3-5-10(15-11)13-16-12(17-19-13)8-9-4-1-2-7-18-9/h3,5-6,9H,1-2,4,7-8H2,(H2,14,15). The van der Waals surface area contributed by atoms with Crippen molar-refractivity contribution in [2.75, 3.05) is 12.3 Å². The van der Waals surface area contributed by atoms with E-state index in [-0.39, 0.29) is 6.10 Å². The molecule has 3 heterocycles. The summed E-state index contributed by atoms with van der Waals surface area (Å²) in [6.45, 7) is 0.826. The topological polar surface area (TPSA) is 87.1 Å². The summed E-state index contributed by atoms with van der Waals surface area (Å²) >= 11 is 0. The molecule has 100 valence electrons. The molecular weight excluding hydrogens is 244 g/mol. The first-order valence-electron chi connectivity index (χ1n) is 6.48. The van der Waals surface area contributed by atoms with E-state index in [0.29, 0.717) is 29.6 Å². The quantitative estimate of drug-likeness (QED) is 0.905. The van der Waals surface area contributed by atoms with Crippen molar-refractivity contribution in [3.63, 3.8) is 0 Å². The van der Waals surface area contributed by atoms with Gasteiger partial charge in [0.05, 0.1) is 6.10 Å². The van der Waals surface area contributed by atoms with Gasteiger partial charge in [0.15, 0.2) is 5.82 Å². The number of ether oxygens (including phenoxy) is 1. The SMILES string of the molecule is Nc1cccc(-c2nc(CC3CCCCO3)no2)n1. The minimum atomic E-state index is 0.202. The van der Waals surface area contributed by atoms with Crippen LogP contribution < -0.4 is 5.73 Å². The van der Waals surface area contributed by atoms with Gasteiger partial charge in [0.1, 0.15) is 11.5 Å². The van der Waals surface area contributed by atoms with Gasteiger partial charge in [-0.2, -0.15) is 4.98 Å². The lowest BCUT2D eigenvalue weighted by molar-refractivity contribution is 0.0153. The van der Waals surface area contributed by atoms with Crippen molar-refractivity contribution in [1.82, 2.24) is 15.1 Å². The van der Waals surface area contributed by atoms with Crippen LogP contribution in [0.2, 0.25) is 0 Å². The van der Waals surface area contributed by atoms with Crippen LogP contribution in [-0.4, -0.2) is 27.8 Å². The molecule has 0 spiro atoms. The van der Waals surface area contributed by atoms with E-state index in [4.69, 9.17) is 15.0 Å². The maximum absolute atomic E-state index is 5.66. The first-order chi connectivity index (χ1) is 9.31. The van der Waals surface area contributed by atoms with Crippen molar-refractivity contribution < 1.29 is 9.26 Å². The summed E-state index contributed by atoms with van der Waals surface area (Å²) in [6, 6.07) is 5.33. The van der Waals surface area contributed by atoms with Crippen LogP contribution >= 0.6 is 0 Å². The zero-order valence-electron chi connectivity index (χ0n) is 10.6. The molecular formula is C13H16N4O2. The van der Waals surface area contributed by atoms with Crippen LogP contribution in [0.5, 0.6) is 0 Å². The highest BCUT2D eigenvalue weighted by atomic mass is 16.5. The number of anilines is 1. The van der Waals surface area contributed by atoms with Crippen LogP contribution in [0.15, 0.2) is 22.7 Å². The van der Waals surface area contributed by atoms with Gasteiger partial charge in [-0.3, -0.25) is 0 Å². The first-order valence-corrected chi connectivity index (χ1v) is 6.48. The van der Waals surface area contributed by atoms with Crippen LogP contribution in [0.25, 0.3) is 11.6 Å². The Bertz CT molecular complexity index is 549. The van der Waals surface area contributed by atoms with E-state index in [1.165, 1.54) is 6.42 Å². The molecule has 2 aromatic heterocycles. The Balaban J connectivity index is 1.72. The van der Waals surface area contributed by atoms with Crippen LogP contribution in [0.1, 0.15) is 25.1 Å². The molecule has 19 heavy (non-hydrogen) atoms. The molecule has 0 radical (unpaired) electrons. The Morgan fingerprint density at radius 2 is 2.21 bits per heavy atom. The Labute approximate surface area is 111 Å². The highest BCUT2D eigenvalue weighted by Crippen LogP contribution is 2.19. The number of rotatable bonds is 3. The van der Waals surface area contributed by atoms with Gasteiger partial charge in [0.25, 0.3) is 5.89 Å². The summed E-state index contributed by atoms with van der Waals surface area (Å²) in [4.78, 5) is 8.49. The summed E-state index contributed by atoms with van der Waals surface area (Å²) in [7, 11) is 0. The largest absolute Gasteiger partial charge is 0.384 e. The average molecular weight is 260 g/mol. The molecule has 1 atom stereocenters. The molecule has 6 nitrogen and oxygen atoms in total. The van der Waals surface area contributed by atoms with E-state index >= 15 is 0 Å². The average Bonchev–Trinajstić information content (AvgIpc) is 2.88. The summed E-state index contributed by atoms with van der Waals surface area (Å²) < 4.78 is 10.9. The molecule has 1 unspecified atom stereocenters. The predicted octanol–water partition coefficient (Wildman–Crippen LogP) is 1.83. The molecule has 1 fully saturated rings. The van der Waals surface area contributed by atoms with Gasteiger partial charge in [0, 0.05) is 13.0 Å². The number of pyridine rings is 1.